The van der Waals surface area contributed by atoms with Gasteiger partial charge in [0.15, 0.2) is 0 Å². The second-order valence-corrected chi connectivity index (χ2v) is 5.53. The molecule has 21 heavy (non-hydrogen) atoms. The van der Waals surface area contributed by atoms with Crippen LogP contribution >= 0.6 is 22.6 Å². The van der Waals surface area contributed by atoms with Crippen molar-refractivity contribution in [2.24, 2.45) is 0 Å². The minimum Gasteiger partial charge on any atom is -0.497 e. The summed E-state index contributed by atoms with van der Waals surface area (Å²) in [5, 5.41) is 9.39. The van der Waals surface area contributed by atoms with Crippen LogP contribution in [0.5, 0.6) is 11.5 Å². The Kier molecular flexibility index (Phi) is 5.23. The lowest BCUT2D eigenvalue weighted by atomic mass is 10.0. The molecule has 0 aliphatic heterocycles. The van der Waals surface area contributed by atoms with E-state index in [0.29, 0.717) is 11.3 Å². The third-order valence-electron chi connectivity index (χ3n) is 3.02. The van der Waals surface area contributed by atoms with Gasteiger partial charge in [-0.3, -0.25) is 0 Å². The molecule has 0 amide bonds. The Labute approximate surface area is 138 Å². The number of nitrogens with zero attached hydrogens (tertiary/aromatic N) is 1. The molecule has 0 spiro atoms. The number of hydrogen-bond donors (Lipinski definition) is 0. The number of rotatable bonds is 4. The second kappa shape index (κ2) is 7.14. The highest BCUT2D eigenvalue weighted by Gasteiger charge is 2.06. The fourth-order valence-electron chi connectivity index (χ4n) is 1.90. The first kappa shape index (κ1) is 15.4. The van der Waals surface area contributed by atoms with Crippen LogP contribution in [0.1, 0.15) is 11.1 Å². The van der Waals surface area contributed by atoms with Gasteiger partial charge in [0.05, 0.1) is 25.9 Å². The first-order valence-electron chi connectivity index (χ1n) is 6.27. The lowest BCUT2D eigenvalue weighted by molar-refractivity contribution is 0.394. The third-order valence-corrected chi connectivity index (χ3v) is 3.74. The van der Waals surface area contributed by atoms with Gasteiger partial charge < -0.3 is 9.47 Å². The summed E-state index contributed by atoms with van der Waals surface area (Å²) >= 11 is 2.24. The largest absolute Gasteiger partial charge is 0.497 e. The van der Waals surface area contributed by atoms with Crippen LogP contribution in [0.4, 0.5) is 0 Å². The molecule has 2 rings (SSSR count). The van der Waals surface area contributed by atoms with Crippen molar-refractivity contribution in [3.63, 3.8) is 0 Å². The normalized spacial score (nSPS) is 10.9. The molecule has 0 saturated heterocycles. The Morgan fingerprint density at radius 2 is 1.81 bits per heavy atom. The number of benzene rings is 2. The lowest BCUT2D eigenvalue weighted by Crippen LogP contribution is -1.90. The fourth-order valence-corrected chi connectivity index (χ4v) is 2.26. The highest BCUT2D eigenvalue weighted by molar-refractivity contribution is 14.1. The zero-order valence-corrected chi connectivity index (χ0v) is 13.9. The summed E-state index contributed by atoms with van der Waals surface area (Å²) < 4.78 is 11.7. The topological polar surface area (TPSA) is 42.2 Å². The molecule has 0 bridgehead atoms. The first-order valence-corrected chi connectivity index (χ1v) is 7.35. The molecule has 106 valence electrons. The van der Waals surface area contributed by atoms with E-state index < -0.39 is 0 Å². The van der Waals surface area contributed by atoms with E-state index in [2.05, 4.69) is 28.7 Å². The van der Waals surface area contributed by atoms with Gasteiger partial charge in [-0.05, 0) is 58.5 Å². The van der Waals surface area contributed by atoms with Crippen molar-refractivity contribution in [3.8, 4) is 17.6 Å². The smallest absolute Gasteiger partial charge is 0.129 e. The molecule has 0 heterocycles. The van der Waals surface area contributed by atoms with Crippen LogP contribution in [0.2, 0.25) is 0 Å². The number of halogens is 1. The van der Waals surface area contributed by atoms with Crippen LogP contribution in [0, 0.1) is 14.9 Å². The predicted octanol–water partition coefficient (Wildman–Crippen LogP) is 4.37. The summed E-state index contributed by atoms with van der Waals surface area (Å²) in [6.45, 7) is 0. The zero-order valence-electron chi connectivity index (χ0n) is 11.8. The average molecular weight is 391 g/mol. The first-order chi connectivity index (χ1) is 10.2. The van der Waals surface area contributed by atoms with Crippen molar-refractivity contribution in [2.45, 2.75) is 0 Å². The molecule has 2 aromatic rings. The van der Waals surface area contributed by atoms with E-state index in [1.165, 1.54) is 0 Å². The van der Waals surface area contributed by atoms with Crippen LogP contribution in [-0.4, -0.2) is 14.2 Å². The van der Waals surface area contributed by atoms with Crippen molar-refractivity contribution in [1.82, 2.24) is 0 Å². The number of allylic oxidation sites excluding steroid dienone is 1. The molecule has 0 fully saturated rings. The molecule has 0 saturated carbocycles. The fraction of sp³-hybridized carbons (Fsp3) is 0.118. The molecule has 0 aromatic heterocycles. The van der Waals surface area contributed by atoms with Crippen molar-refractivity contribution in [1.29, 1.82) is 5.26 Å². The van der Waals surface area contributed by atoms with Gasteiger partial charge in [0.25, 0.3) is 0 Å². The Hall–Kier alpha value is -2.00. The van der Waals surface area contributed by atoms with Gasteiger partial charge >= 0.3 is 0 Å². The number of nitriles is 1. The lowest BCUT2D eigenvalue weighted by Gasteiger charge is -2.08. The molecular formula is C17H14INO2. The number of hydrogen-bond acceptors (Lipinski definition) is 3. The Morgan fingerprint density at radius 1 is 1.10 bits per heavy atom. The zero-order chi connectivity index (χ0) is 15.2. The third kappa shape index (κ3) is 3.76. The van der Waals surface area contributed by atoms with E-state index >= 15 is 0 Å². The van der Waals surface area contributed by atoms with Gasteiger partial charge in [-0.25, -0.2) is 0 Å². The molecule has 0 aliphatic carbocycles. The summed E-state index contributed by atoms with van der Waals surface area (Å²) in [5.41, 5.74) is 2.32. The summed E-state index contributed by atoms with van der Waals surface area (Å²) in [5.74, 6) is 1.39. The van der Waals surface area contributed by atoms with Crippen LogP contribution in [0.15, 0.2) is 42.5 Å². The summed E-state index contributed by atoms with van der Waals surface area (Å²) in [6.07, 6.45) is 1.82. The molecule has 0 aliphatic rings. The molecule has 3 nitrogen and oxygen atoms in total. The maximum Gasteiger partial charge on any atom is 0.129 e. The van der Waals surface area contributed by atoms with Crippen molar-refractivity contribution in [2.75, 3.05) is 14.2 Å². The molecule has 0 N–H and O–H groups in total. The van der Waals surface area contributed by atoms with Crippen molar-refractivity contribution < 1.29 is 9.47 Å². The van der Waals surface area contributed by atoms with E-state index in [1.54, 1.807) is 20.3 Å². The van der Waals surface area contributed by atoms with Crippen molar-refractivity contribution >= 4 is 34.2 Å². The average Bonchev–Trinajstić information content (AvgIpc) is 2.53. The van der Waals surface area contributed by atoms with E-state index in [4.69, 9.17) is 9.47 Å². The summed E-state index contributed by atoms with van der Waals surface area (Å²) in [7, 11) is 3.21. The monoisotopic (exact) mass is 391 g/mol. The summed E-state index contributed by atoms with van der Waals surface area (Å²) in [6, 6.07) is 15.6. The maximum atomic E-state index is 9.39. The highest BCUT2D eigenvalue weighted by Crippen LogP contribution is 2.28. The van der Waals surface area contributed by atoms with Crippen LogP contribution in [0.25, 0.3) is 11.6 Å². The van der Waals surface area contributed by atoms with Gasteiger partial charge in [-0.2, -0.15) is 5.26 Å². The van der Waals surface area contributed by atoms with Crippen LogP contribution in [0.3, 0.4) is 0 Å². The SMILES string of the molecule is COc1ccc(/C=C(/C#N)c2ccc(I)cc2)c(OC)c1. The van der Waals surface area contributed by atoms with Gasteiger partial charge in [-0.15, -0.1) is 0 Å². The molecule has 0 atom stereocenters. The standard InChI is InChI=1S/C17H14INO2/c1-20-16-8-5-13(17(10-16)21-2)9-14(11-19)12-3-6-15(18)7-4-12/h3-10H,1-2H3/b14-9-. The van der Waals surface area contributed by atoms with Gasteiger partial charge in [0.1, 0.15) is 11.5 Å². The molecule has 0 unspecified atom stereocenters. The maximum absolute atomic E-state index is 9.39. The molecular weight excluding hydrogens is 377 g/mol. The van der Waals surface area contributed by atoms with Gasteiger partial charge in [0, 0.05) is 15.2 Å². The van der Waals surface area contributed by atoms with Gasteiger partial charge in [-0.1, -0.05) is 12.1 Å². The van der Waals surface area contributed by atoms with Crippen LogP contribution < -0.4 is 9.47 Å². The van der Waals surface area contributed by atoms with E-state index in [-0.39, 0.29) is 0 Å². The van der Waals surface area contributed by atoms with Crippen LogP contribution in [-0.2, 0) is 0 Å². The van der Waals surface area contributed by atoms with Gasteiger partial charge in [0.2, 0.25) is 0 Å². The van der Waals surface area contributed by atoms with E-state index in [9.17, 15) is 5.26 Å². The molecule has 4 heteroatoms. The number of methoxy groups -OCH3 is 2. The van der Waals surface area contributed by atoms with E-state index in [1.807, 2.05) is 42.5 Å². The van der Waals surface area contributed by atoms with E-state index in [0.717, 1.165) is 20.4 Å². The van der Waals surface area contributed by atoms with Crippen molar-refractivity contribution in [3.05, 3.63) is 57.2 Å². The molecule has 2 aromatic carbocycles. The number of ether oxygens (including phenoxy) is 2. The highest BCUT2D eigenvalue weighted by atomic mass is 127. The Morgan fingerprint density at radius 3 is 2.38 bits per heavy atom. The minimum atomic E-state index is 0.592. The summed E-state index contributed by atoms with van der Waals surface area (Å²) in [4.78, 5) is 0. The second-order valence-electron chi connectivity index (χ2n) is 4.28. The minimum absolute atomic E-state index is 0.592. The molecule has 0 radical (unpaired) electrons. The quantitative estimate of drug-likeness (QED) is 0.442. The Bertz CT molecular complexity index is 700. The predicted molar refractivity (Wildman–Crippen MR) is 92.2 cm³/mol. The Balaban J connectivity index is 2.45.